The summed E-state index contributed by atoms with van der Waals surface area (Å²) >= 11 is 0. The van der Waals surface area contributed by atoms with Crippen molar-refractivity contribution in [3.05, 3.63) is 34.9 Å². The fourth-order valence-corrected chi connectivity index (χ4v) is 3.07. The molecule has 2 aliphatic rings. The van der Waals surface area contributed by atoms with Gasteiger partial charge in [0.2, 0.25) is 0 Å². The first-order valence-corrected chi connectivity index (χ1v) is 7.39. The summed E-state index contributed by atoms with van der Waals surface area (Å²) in [5.74, 6) is -0.408. The van der Waals surface area contributed by atoms with Gasteiger partial charge in [-0.3, -0.25) is 14.4 Å². The van der Waals surface area contributed by atoms with Gasteiger partial charge in [-0.2, -0.15) is 0 Å². The van der Waals surface area contributed by atoms with E-state index in [0.29, 0.717) is 35.4 Å². The number of aryl methyl sites for hydroxylation is 1. The number of nitrogens with zero attached hydrogens (tertiary/aromatic N) is 1. The molecule has 0 atom stereocenters. The monoisotopic (exact) mass is 299 g/mol. The molecule has 5 heteroatoms. The summed E-state index contributed by atoms with van der Waals surface area (Å²) in [5, 5.41) is 0. The summed E-state index contributed by atoms with van der Waals surface area (Å²) in [4.78, 5) is 37.3. The van der Waals surface area contributed by atoms with Crippen molar-refractivity contribution in [2.45, 2.75) is 39.5 Å². The van der Waals surface area contributed by atoms with Crippen molar-refractivity contribution in [1.82, 2.24) is 0 Å². The van der Waals surface area contributed by atoms with Crippen molar-refractivity contribution in [1.29, 1.82) is 0 Å². The molecule has 0 bridgehead atoms. The van der Waals surface area contributed by atoms with Gasteiger partial charge in [-0.1, -0.05) is 0 Å². The summed E-state index contributed by atoms with van der Waals surface area (Å²) < 4.78 is 5.02. The molecule has 0 saturated carbocycles. The number of hydrogen-bond acceptors (Lipinski definition) is 4. The van der Waals surface area contributed by atoms with Gasteiger partial charge >= 0.3 is 5.97 Å². The lowest BCUT2D eigenvalue weighted by molar-refractivity contribution is -0.132. The molecule has 1 aromatic rings. The second-order valence-electron chi connectivity index (χ2n) is 5.65. The molecule has 1 aliphatic heterocycles. The Bertz CT molecular complexity index is 689. The highest BCUT2D eigenvalue weighted by Gasteiger charge is 2.40. The van der Waals surface area contributed by atoms with Crippen LogP contribution in [0, 0.1) is 6.92 Å². The predicted molar refractivity (Wildman–Crippen MR) is 80.5 cm³/mol. The minimum Gasteiger partial charge on any atom is -0.427 e. The van der Waals surface area contributed by atoms with E-state index in [4.69, 9.17) is 4.74 Å². The van der Waals surface area contributed by atoms with Gasteiger partial charge < -0.3 is 4.74 Å². The van der Waals surface area contributed by atoms with Gasteiger partial charge in [0.15, 0.2) is 0 Å². The zero-order valence-electron chi connectivity index (χ0n) is 12.6. The Kier molecular flexibility index (Phi) is 3.56. The number of esters is 1. The molecule has 1 aliphatic carbocycles. The van der Waals surface area contributed by atoms with E-state index in [1.807, 2.05) is 0 Å². The van der Waals surface area contributed by atoms with Crippen LogP contribution in [0.3, 0.4) is 0 Å². The van der Waals surface area contributed by atoms with E-state index in [0.717, 1.165) is 18.4 Å². The lowest BCUT2D eigenvalue weighted by Crippen LogP contribution is -2.32. The van der Waals surface area contributed by atoms with E-state index in [2.05, 4.69) is 0 Å². The zero-order valence-corrected chi connectivity index (χ0v) is 12.6. The number of anilines is 1. The van der Waals surface area contributed by atoms with Crippen molar-refractivity contribution in [3.8, 4) is 5.75 Å². The largest absolute Gasteiger partial charge is 0.427 e. The highest BCUT2D eigenvalue weighted by Crippen LogP contribution is 2.37. The Balaban J connectivity index is 1.94. The molecule has 0 spiro atoms. The normalized spacial score (nSPS) is 17.8. The van der Waals surface area contributed by atoms with E-state index in [-0.39, 0.29) is 11.8 Å². The zero-order chi connectivity index (χ0) is 15.9. The Morgan fingerprint density at radius 3 is 2.18 bits per heavy atom. The number of ether oxygens (including phenoxy) is 1. The molecule has 0 radical (unpaired) electrons. The minimum atomic E-state index is -0.405. The molecule has 114 valence electrons. The lowest BCUT2D eigenvalue weighted by atomic mass is 9.93. The topological polar surface area (TPSA) is 63.7 Å². The average molecular weight is 299 g/mol. The van der Waals surface area contributed by atoms with Gasteiger partial charge in [-0.25, -0.2) is 4.90 Å². The Hall–Kier alpha value is -2.43. The fraction of sp³-hybridized carbons (Fsp3) is 0.353. The maximum atomic E-state index is 12.5. The Morgan fingerprint density at radius 1 is 1.09 bits per heavy atom. The maximum absolute atomic E-state index is 12.5. The molecule has 2 amide bonds. The summed E-state index contributed by atoms with van der Waals surface area (Å²) in [6.45, 7) is 3.12. The highest BCUT2D eigenvalue weighted by atomic mass is 16.5. The van der Waals surface area contributed by atoms with Crippen LogP contribution in [0.5, 0.6) is 5.75 Å². The first-order chi connectivity index (χ1) is 10.5. The molecule has 3 rings (SSSR count). The third kappa shape index (κ3) is 2.32. The van der Waals surface area contributed by atoms with Crippen LogP contribution in [-0.2, 0) is 14.4 Å². The van der Waals surface area contributed by atoms with Crippen LogP contribution in [0.1, 0.15) is 38.2 Å². The van der Waals surface area contributed by atoms with E-state index < -0.39 is 5.97 Å². The van der Waals surface area contributed by atoms with E-state index in [1.165, 1.54) is 11.8 Å². The summed E-state index contributed by atoms with van der Waals surface area (Å²) in [7, 11) is 0. The molecule has 0 saturated heterocycles. The van der Waals surface area contributed by atoms with Crippen LogP contribution >= 0.6 is 0 Å². The van der Waals surface area contributed by atoms with E-state index in [1.54, 1.807) is 25.1 Å². The van der Waals surface area contributed by atoms with Crippen molar-refractivity contribution in [3.63, 3.8) is 0 Å². The second-order valence-corrected chi connectivity index (χ2v) is 5.65. The first-order valence-electron chi connectivity index (χ1n) is 7.39. The summed E-state index contributed by atoms with van der Waals surface area (Å²) in [6.07, 6.45) is 3.27. The number of amides is 2. The number of hydrogen-bond donors (Lipinski definition) is 0. The van der Waals surface area contributed by atoms with E-state index >= 15 is 0 Å². The molecule has 0 unspecified atom stereocenters. The number of imide groups is 1. The molecule has 1 heterocycles. The number of carbonyl (C=O) groups excluding carboxylic acids is 3. The lowest BCUT2D eigenvalue weighted by Gasteiger charge is -2.18. The highest BCUT2D eigenvalue weighted by molar-refractivity contribution is 6.33. The van der Waals surface area contributed by atoms with Crippen molar-refractivity contribution in [2.75, 3.05) is 4.90 Å². The predicted octanol–water partition coefficient (Wildman–Crippen LogP) is 2.66. The van der Waals surface area contributed by atoms with Crippen LogP contribution in [-0.4, -0.2) is 17.8 Å². The van der Waals surface area contributed by atoms with Crippen LogP contribution in [0.2, 0.25) is 0 Å². The van der Waals surface area contributed by atoms with Gasteiger partial charge in [0.1, 0.15) is 5.75 Å². The number of carbonyl (C=O) groups is 3. The third-order valence-corrected chi connectivity index (χ3v) is 4.06. The molecule has 1 aromatic carbocycles. The van der Waals surface area contributed by atoms with Gasteiger partial charge in [-0.15, -0.1) is 0 Å². The SMILES string of the molecule is CC(=O)Oc1ccc(N2C(=O)C3=C(CCCC3)C2=O)c(C)c1. The summed E-state index contributed by atoms with van der Waals surface area (Å²) in [6, 6.07) is 4.91. The van der Waals surface area contributed by atoms with Gasteiger partial charge in [0, 0.05) is 18.1 Å². The molecule has 0 aromatic heterocycles. The molecule has 22 heavy (non-hydrogen) atoms. The number of rotatable bonds is 2. The van der Waals surface area contributed by atoms with Gasteiger partial charge in [0.05, 0.1) is 5.69 Å². The molecule has 0 N–H and O–H groups in total. The van der Waals surface area contributed by atoms with Crippen LogP contribution < -0.4 is 9.64 Å². The summed E-state index contributed by atoms with van der Waals surface area (Å²) in [5.41, 5.74) is 2.61. The average Bonchev–Trinajstić information content (AvgIpc) is 2.72. The van der Waals surface area contributed by atoms with E-state index in [9.17, 15) is 14.4 Å². The van der Waals surface area contributed by atoms with Crippen LogP contribution in [0.15, 0.2) is 29.3 Å². The number of benzene rings is 1. The fourth-order valence-electron chi connectivity index (χ4n) is 3.07. The maximum Gasteiger partial charge on any atom is 0.308 e. The standard InChI is InChI=1S/C17H17NO4/c1-10-9-12(22-11(2)19)7-8-15(10)18-16(20)13-5-3-4-6-14(13)17(18)21/h7-9H,3-6H2,1-2H3. The smallest absolute Gasteiger partial charge is 0.308 e. The van der Waals surface area contributed by atoms with Gasteiger partial charge in [-0.05, 0) is 56.4 Å². The van der Waals surface area contributed by atoms with Crippen LogP contribution in [0.4, 0.5) is 5.69 Å². The first kappa shape index (κ1) is 14.5. The van der Waals surface area contributed by atoms with Crippen molar-refractivity contribution < 1.29 is 19.1 Å². The minimum absolute atomic E-state index is 0.206. The second kappa shape index (κ2) is 5.40. The third-order valence-electron chi connectivity index (χ3n) is 4.06. The van der Waals surface area contributed by atoms with Gasteiger partial charge in [0.25, 0.3) is 11.8 Å². The Morgan fingerprint density at radius 2 is 1.68 bits per heavy atom. The molecular formula is C17H17NO4. The van der Waals surface area contributed by atoms with Crippen LogP contribution in [0.25, 0.3) is 0 Å². The quantitative estimate of drug-likeness (QED) is 0.478. The molecular weight excluding hydrogens is 282 g/mol. The molecule has 0 fully saturated rings. The van der Waals surface area contributed by atoms with Crippen molar-refractivity contribution in [2.24, 2.45) is 0 Å². The van der Waals surface area contributed by atoms with Crippen molar-refractivity contribution >= 4 is 23.5 Å². The molecule has 5 nitrogen and oxygen atoms in total. The Labute approximate surface area is 128 Å².